The van der Waals surface area contributed by atoms with Gasteiger partial charge in [0.1, 0.15) is 18.7 Å². The van der Waals surface area contributed by atoms with Crippen LogP contribution in [0.15, 0.2) is 31.0 Å². The zero-order chi connectivity index (χ0) is 27.0. The van der Waals surface area contributed by atoms with Gasteiger partial charge in [-0.2, -0.15) is 10.2 Å². The number of ether oxygens (including phenoxy) is 1. The summed E-state index contributed by atoms with van der Waals surface area (Å²) in [6, 6.07) is 2.79. The van der Waals surface area contributed by atoms with E-state index in [1.807, 2.05) is 30.8 Å². The number of fused-ring (bicyclic) bond motifs is 3. The van der Waals surface area contributed by atoms with E-state index < -0.39 is 8.07 Å². The van der Waals surface area contributed by atoms with Crippen molar-refractivity contribution in [2.45, 2.75) is 65.1 Å². The number of Topliss-reactive ketones (excluding diaryl/α,β-unsaturated/α-hetero) is 1. The van der Waals surface area contributed by atoms with Crippen molar-refractivity contribution in [3.63, 3.8) is 0 Å². The highest BCUT2D eigenvalue weighted by Gasteiger charge is 2.37. The summed E-state index contributed by atoms with van der Waals surface area (Å²) in [5.74, 6) is 1.41. The topological polar surface area (TPSA) is 122 Å². The van der Waals surface area contributed by atoms with Crippen molar-refractivity contribution < 1.29 is 9.53 Å². The highest BCUT2D eigenvalue weighted by Crippen LogP contribution is 2.43. The molecule has 0 aromatic carbocycles. The van der Waals surface area contributed by atoms with Crippen molar-refractivity contribution in [2.75, 3.05) is 11.5 Å². The molecule has 12 nitrogen and oxygen atoms in total. The Balaban J connectivity index is 1.45. The first-order chi connectivity index (χ1) is 18.2. The van der Waals surface area contributed by atoms with E-state index in [0.29, 0.717) is 24.8 Å². The van der Waals surface area contributed by atoms with Gasteiger partial charge in [-0.15, -0.1) is 10.2 Å². The molecule has 4 aromatic rings. The molecule has 38 heavy (non-hydrogen) atoms. The Hall–Kier alpha value is -3.71. The molecule has 200 valence electrons. The van der Waals surface area contributed by atoms with Gasteiger partial charge in [-0.05, 0) is 25.5 Å². The van der Waals surface area contributed by atoms with E-state index in [4.69, 9.17) is 9.72 Å². The molecule has 1 aliphatic rings. The maximum Gasteiger partial charge on any atom is 0.206 e. The molecule has 0 bridgehead atoms. The van der Waals surface area contributed by atoms with Crippen molar-refractivity contribution in [1.29, 1.82) is 0 Å². The molecule has 0 spiro atoms. The van der Waals surface area contributed by atoms with Crippen molar-refractivity contribution in [2.24, 2.45) is 7.05 Å². The molecule has 1 unspecified atom stereocenters. The van der Waals surface area contributed by atoms with E-state index in [1.54, 1.807) is 28.1 Å². The molecule has 0 radical (unpaired) electrons. The number of anilines is 2. The van der Waals surface area contributed by atoms with Gasteiger partial charge < -0.3 is 9.64 Å². The third-order valence-corrected chi connectivity index (χ3v) is 8.36. The fraction of sp³-hybridized carbons (Fsp3) is 0.480. The summed E-state index contributed by atoms with van der Waals surface area (Å²) in [4.78, 5) is 25.0. The van der Waals surface area contributed by atoms with E-state index in [1.165, 1.54) is 0 Å². The van der Waals surface area contributed by atoms with Crippen molar-refractivity contribution >= 4 is 25.4 Å². The zero-order valence-corrected chi connectivity index (χ0v) is 23.8. The first-order valence-corrected chi connectivity index (χ1v) is 16.6. The summed E-state index contributed by atoms with van der Waals surface area (Å²) in [5, 5.41) is 17.3. The summed E-state index contributed by atoms with van der Waals surface area (Å²) >= 11 is 0. The second-order valence-electron chi connectivity index (χ2n) is 10.8. The molecular weight excluding hydrogens is 500 g/mol. The average molecular weight is 535 g/mol. The van der Waals surface area contributed by atoms with E-state index >= 15 is 0 Å². The SMILES string of the molecule is CCC1c2nncn2-c2c(C)nc(C(=O)Cc3ccnn3COCC[Si](C)(C)C)nc2N1c1cnn(C)c1. The lowest BCUT2D eigenvalue weighted by Gasteiger charge is -2.36. The summed E-state index contributed by atoms with van der Waals surface area (Å²) < 4.78 is 11.2. The van der Waals surface area contributed by atoms with Crippen LogP contribution in [0.2, 0.25) is 25.7 Å². The van der Waals surface area contributed by atoms with E-state index in [-0.39, 0.29) is 24.1 Å². The van der Waals surface area contributed by atoms with Crippen LogP contribution in [0.1, 0.15) is 47.2 Å². The normalized spacial score (nSPS) is 15.0. The second-order valence-corrected chi connectivity index (χ2v) is 16.4. The van der Waals surface area contributed by atoms with E-state index in [9.17, 15) is 4.79 Å². The molecule has 5 rings (SSSR count). The monoisotopic (exact) mass is 534 g/mol. The quantitative estimate of drug-likeness (QED) is 0.170. The summed E-state index contributed by atoms with van der Waals surface area (Å²) in [7, 11) is 0.692. The largest absolute Gasteiger partial charge is 0.360 e. The molecule has 0 saturated heterocycles. The van der Waals surface area contributed by atoms with Crippen molar-refractivity contribution in [3.8, 4) is 5.69 Å². The molecule has 0 amide bonds. The summed E-state index contributed by atoms with van der Waals surface area (Å²) in [5.41, 5.74) is 3.06. The van der Waals surface area contributed by atoms with Crippen LogP contribution in [-0.2, 0) is 24.9 Å². The molecule has 0 N–H and O–H groups in total. The van der Waals surface area contributed by atoms with Crippen LogP contribution >= 0.6 is 0 Å². The number of ketones is 1. The number of aryl methyl sites for hydroxylation is 2. The third-order valence-electron chi connectivity index (χ3n) is 6.65. The van der Waals surface area contributed by atoms with Gasteiger partial charge in [0, 0.05) is 39.8 Å². The van der Waals surface area contributed by atoms with Gasteiger partial charge in [0.25, 0.3) is 0 Å². The Bertz CT molecular complexity index is 1450. The molecular formula is C25H34N10O2Si. The van der Waals surface area contributed by atoms with Gasteiger partial charge in [0.05, 0.1) is 30.0 Å². The fourth-order valence-electron chi connectivity index (χ4n) is 4.63. The predicted molar refractivity (Wildman–Crippen MR) is 144 cm³/mol. The van der Waals surface area contributed by atoms with Gasteiger partial charge in [0.15, 0.2) is 17.5 Å². The third kappa shape index (κ3) is 5.03. The second kappa shape index (κ2) is 10.2. The maximum atomic E-state index is 13.5. The lowest BCUT2D eigenvalue weighted by Crippen LogP contribution is -2.33. The first-order valence-electron chi connectivity index (χ1n) is 12.8. The lowest BCUT2D eigenvalue weighted by atomic mass is 10.1. The number of rotatable bonds is 10. The predicted octanol–water partition coefficient (Wildman–Crippen LogP) is 3.64. The van der Waals surface area contributed by atoms with E-state index in [2.05, 4.69) is 56.8 Å². The molecule has 1 aliphatic heterocycles. The maximum absolute atomic E-state index is 13.5. The van der Waals surface area contributed by atoms with Crippen LogP contribution < -0.4 is 4.90 Å². The number of hydrogen-bond donors (Lipinski definition) is 0. The van der Waals surface area contributed by atoms with Crippen LogP contribution in [0.3, 0.4) is 0 Å². The Morgan fingerprint density at radius 2 is 2.00 bits per heavy atom. The average Bonchev–Trinajstić information content (AvgIpc) is 3.61. The van der Waals surface area contributed by atoms with Gasteiger partial charge in [0.2, 0.25) is 5.78 Å². The summed E-state index contributed by atoms with van der Waals surface area (Å²) in [6.07, 6.45) is 7.97. The van der Waals surface area contributed by atoms with Gasteiger partial charge in [-0.25, -0.2) is 14.6 Å². The lowest BCUT2D eigenvalue weighted by molar-refractivity contribution is 0.0757. The van der Waals surface area contributed by atoms with Crippen LogP contribution in [0.4, 0.5) is 11.5 Å². The highest BCUT2D eigenvalue weighted by atomic mass is 28.3. The molecule has 4 aromatic heterocycles. The number of carbonyl (C=O) groups excluding carboxylic acids is 1. The summed E-state index contributed by atoms with van der Waals surface area (Å²) in [6.45, 7) is 11.9. The number of aromatic nitrogens is 9. The number of carbonyl (C=O) groups is 1. The Labute approximate surface area is 222 Å². The van der Waals surface area contributed by atoms with Crippen LogP contribution in [0.25, 0.3) is 5.69 Å². The van der Waals surface area contributed by atoms with Crippen molar-refractivity contribution in [1.82, 2.24) is 44.3 Å². The number of hydrogen-bond acceptors (Lipinski definition) is 9. The fourth-order valence-corrected chi connectivity index (χ4v) is 5.39. The molecule has 5 heterocycles. The van der Waals surface area contributed by atoms with E-state index in [0.717, 1.165) is 35.4 Å². The standard InChI is InChI=1S/C25H34N10O2Si/c1-7-20-24-31-26-15-33(24)22-17(2)29-23(30-25(22)35(20)19-13-28-32(3)14-19)21(36)12-18-8-9-27-34(18)16-37-10-11-38(4,5)6/h8-9,13-15,20H,7,10-12,16H2,1-6H3. The van der Waals surface area contributed by atoms with Gasteiger partial charge in [-0.3, -0.25) is 14.0 Å². The molecule has 0 aliphatic carbocycles. The zero-order valence-electron chi connectivity index (χ0n) is 22.8. The molecule has 1 atom stereocenters. The minimum absolute atomic E-state index is 0.123. The smallest absolute Gasteiger partial charge is 0.206 e. The molecule has 13 heteroatoms. The molecule has 0 fully saturated rings. The highest BCUT2D eigenvalue weighted by molar-refractivity contribution is 6.76. The Morgan fingerprint density at radius 3 is 2.71 bits per heavy atom. The van der Waals surface area contributed by atoms with Crippen LogP contribution in [0.5, 0.6) is 0 Å². The number of nitrogens with zero attached hydrogens (tertiary/aromatic N) is 10. The van der Waals surface area contributed by atoms with Crippen LogP contribution in [0, 0.1) is 6.92 Å². The Kier molecular flexibility index (Phi) is 6.97. The van der Waals surface area contributed by atoms with Gasteiger partial charge in [-0.1, -0.05) is 26.6 Å². The minimum atomic E-state index is -1.18. The minimum Gasteiger partial charge on any atom is -0.360 e. The molecule has 0 saturated carbocycles. The Morgan fingerprint density at radius 1 is 1.18 bits per heavy atom. The van der Waals surface area contributed by atoms with Gasteiger partial charge >= 0.3 is 0 Å². The first kappa shape index (κ1) is 25.9. The van der Waals surface area contributed by atoms with Crippen LogP contribution in [-0.4, -0.2) is 64.8 Å². The van der Waals surface area contributed by atoms with Crippen molar-refractivity contribution in [3.05, 3.63) is 54.0 Å².